The summed E-state index contributed by atoms with van der Waals surface area (Å²) in [6.07, 6.45) is 1.29. The van der Waals surface area contributed by atoms with E-state index in [1.54, 1.807) is 11.3 Å². The minimum Gasteiger partial charge on any atom is -0.346 e. The maximum atomic E-state index is 12.4. The SMILES string of the molecule is O=C(NCc1csc(-c2ccccc2)n1)c1ccc(C2SCCCS2)cc1. The molecule has 27 heavy (non-hydrogen) atoms. The number of thiazole rings is 1. The molecule has 1 fully saturated rings. The first kappa shape index (κ1) is 18.6. The summed E-state index contributed by atoms with van der Waals surface area (Å²) in [6, 6.07) is 18.1. The number of carbonyl (C=O) groups excluding carboxylic acids is 1. The number of nitrogens with zero attached hydrogens (tertiary/aromatic N) is 1. The Morgan fingerprint density at radius 2 is 1.78 bits per heavy atom. The van der Waals surface area contributed by atoms with Crippen LogP contribution in [0.4, 0.5) is 0 Å². The third-order valence-electron chi connectivity index (χ3n) is 4.27. The van der Waals surface area contributed by atoms with Crippen molar-refractivity contribution in [3.63, 3.8) is 0 Å². The number of hydrogen-bond donors (Lipinski definition) is 1. The van der Waals surface area contributed by atoms with Crippen LogP contribution in [0.5, 0.6) is 0 Å². The zero-order valence-corrected chi connectivity index (χ0v) is 17.2. The summed E-state index contributed by atoms with van der Waals surface area (Å²) in [5.74, 6) is 2.39. The van der Waals surface area contributed by atoms with Crippen LogP contribution in [-0.4, -0.2) is 22.4 Å². The normalized spacial score (nSPS) is 14.8. The Kier molecular flexibility index (Phi) is 6.17. The van der Waals surface area contributed by atoms with Gasteiger partial charge in [0.25, 0.3) is 5.91 Å². The number of thioether (sulfide) groups is 2. The van der Waals surface area contributed by atoms with Crippen molar-refractivity contribution in [1.82, 2.24) is 10.3 Å². The van der Waals surface area contributed by atoms with Gasteiger partial charge in [0.05, 0.1) is 16.8 Å². The molecule has 1 aliphatic rings. The van der Waals surface area contributed by atoms with E-state index < -0.39 is 0 Å². The first-order valence-corrected chi connectivity index (χ1v) is 11.9. The van der Waals surface area contributed by atoms with E-state index in [4.69, 9.17) is 0 Å². The molecule has 4 rings (SSSR count). The lowest BCUT2D eigenvalue weighted by molar-refractivity contribution is 0.0950. The van der Waals surface area contributed by atoms with Crippen LogP contribution < -0.4 is 5.32 Å². The van der Waals surface area contributed by atoms with Crippen LogP contribution >= 0.6 is 34.9 Å². The Hall–Kier alpha value is -1.76. The predicted octanol–water partition coefficient (Wildman–Crippen LogP) is 5.61. The summed E-state index contributed by atoms with van der Waals surface area (Å²) in [5.41, 5.74) is 3.99. The number of hydrogen-bond acceptors (Lipinski definition) is 5. The molecule has 0 atom stereocenters. The van der Waals surface area contributed by atoms with E-state index in [0.29, 0.717) is 16.7 Å². The molecular weight excluding hydrogens is 392 g/mol. The molecule has 0 spiro atoms. The molecule has 0 bridgehead atoms. The summed E-state index contributed by atoms with van der Waals surface area (Å²) in [4.78, 5) is 17.1. The second kappa shape index (κ2) is 8.95. The van der Waals surface area contributed by atoms with Crippen molar-refractivity contribution >= 4 is 40.8 Å². The van der Waals surface area contributed by atoms with Crippen LogP contribution in [0, 0.1) is 0 Å². The number of benzene rings is 2. The van der Waals surface area contributed by atoms with Crippen LogP contribution in [-0.2, 0) is 6.54 Å². The molecule has 3 aromatic rings. The van der Waals surface area contributed by atoms with Gasteiger partial charge in [-0.2, -0.15) is 0 Å². The van der Waals surface area contributed by atoms with Gasteiger partial charge in [0.15, 0.2) is 0 Å². The van der Waals surface area contributed by atoms with Crippen molar-refractivity contribution in [2.75, 3.05) is 11.5 Å². The Bertz CT molecular complexity index is 887. The Labute approximate surface area is 172 Å². The molecule has 1 aliphatic heterocycles. The summed E-state index contributed by atoms with van der Waals surface area (Å²) >= 11 is 5.59. The summed E-state index contributed by atoms with van der Waals surface area (Å²) < 4.78 is 0.502. The lowest BCUT2D eigenvalue weighted by atomic mass is 10.1. The van der Waals surface area contributed by atoms with Gasteiger partial charge < -0.3 is 5.32 Å². The zero-order chi connectivity index (χ0) is 18.5. The molecule has 3 nitrogen and oxygen atoms in total. The van der Waals surface area contributed by atoms with Gasteiger partial charge in [-0.1, -0.05) is 42.5 Å². The molecule has 2 aromatic carbocycles. The monoisotopic (exact) mass is 412 g/mol. The molecule has 138 valence electrons. The van der Waals surface area contributed by atoms with Crippen molar-refractivity contribution < 1.29 is 4.79 Å². The van der Waals surface area contributed by atoms with Gasteiger partial charge in [-0.25, -0.2) is 4.98 Å². The number of carbonyl (C=O) groups is 1. The van der Waals surface area contributed by atoms with Gasteiger partial charge in [-0.15, -0.1) is 34.9 Å². The molecule has 0 unspecified atom stereocenters. The van der Waals surface area contributed by atoms with Gasteiger partial charge in [0, 0.05) is 16.5 Å². The Morgan fingerprint density at radius 3 is 2.52 bits per heavy atom. The summed E-state index contributed by atoms with van der Waals surface area (Å²) in [7, 11) is 0. The Morgan fingerprint density at radius 1 is 1.04 bits per heavy atom. The maximum absolute atomic E-state index is 12.4. The number of rotatable bonds is 5. The van der Waals surface area contributed by atoms with E-state index in [1.807, 2.05) is 71.4 Å². The third-order valence-corrected chi connectivity index (χ3v) is 8.23. The second-order valence-electron chi connectivity index (χ2n) is 6.24. The molecule has 0 radical (unpaired) electrons. The summed E-state index contributed by atoms with van der Waals surface area (Å²) in [6.45, 7) is 0.443. The van der Waals surface area contributed by atoms with Crippen molar-refractivity contribution in [3.8, 4) is 10.6 Å². The molecule has 1 saturated heterocycles. The lowest BCUT2D eigenvalue weighted by Gasteiger charge is -2.21. The topological polar surface area (TPSA) is 42.0 Å². The zero-order valence-electron chi connectivity index (χ0n) is 14.8. The van der Waals surface area contributed by atoms with Crippen LogP contribution in [0.15, 0.2) is 60.0 Å². The minimum absolute atomic E-state index is 0.0558. The molecular formula is C21H20N2OS3. The lowest BCUT2D eigenvalue weighted by Crippen LogP contribution is -2.22. The number of amides is 1. The van der Waals surface area contributed by atoms with Gasteiger partial charge in [0.2, 0.25) is 0 Å². The molecule has 0 saturated carbocycles. The van der Waals surface area contributed by atoms with Crippen LogP contribution in [0.1, 0.15) is 32.6 Å². The predicted molar refractivity (Wildman–Crippen MR) is 117 cm³/mol. The highest BCUT2D eigenvalue weighted by atomic mass is 32.2. The molecule has 2 heterocycles. The van der Waals surface area contributed by atoms with E-state index in [9.17, 15) is 4.79 Å². The van der Waals surface area contributed by atoms with Crippen molar-refractivity contribution in [2.45, 2.75) is 17.5 Å². The number of aromatic nitrogens is 1. The molecule has 6 heteroatoms. The van der Waals surface area contributed by atoms with E-state index in [-0.39, 0.29) is 5.91 Å². The Balaban J connectivity index is 1.35. The van der Waals surface area contributed by atoms with Crippen molar-refractivity contribution in [3.05, 3.63) is 76.8 Å². The smallest absolute Gasteiger partial charge is 0.251 e. The molecule has 1 aromatic heterocycles. The fraction of sp³-hybridized carbons (Fsp3) is 0.238. The van der Waals surface area contributed by atoms with E-state index in [2.05, 4.69) is 22.4 Å². The standard InChI is InChI=1S/C21H20N2OS3/c24-19(15-7-9-17(10-8-15)21-25-11-4-12-26-21)22-13-18-14-27-20(23-18)16-5-2-1-3-6-16/h1-3,5-10,14,21H,4,11-13H2,(H,22,24). The van der Waals surface area contributed by atoms with Gasteiger partial charge in [-0.3, -0.25) is 4.79 Å². The molecule has 1 N–H and O–H groups in total. The van der Waals surface area contributed by atoms with Gasteiger partial charge in [-0.05, 0) is 35.6 Å². The quantitative estimate of drug-likeness (QED) is 0.591. The van der Waals surface area contributed by atoms with Crippen LogP contribution in [0.3, 0.4) is 0 Å². The highest BCUT2D eigenvalue weighted by Gasteiger charge is 2.17. The van der Waals surface area contributed by atoms with Gasteiger partial charge >= 0.3 is 0 Å². The van der Waals surface area contributed by atoms with E-state index in [1.165, 1.54) is 23.5 Å². The number of nitrogens with one attached hydrogen (secondary N) is 1. The van der Waals surface area contributed by atoms with Crippen molar-refractivity contribution in [2.24, 2.45) is 0 Å². The first-order valence-electron chi connectivity index (χ1n) is 8.91. The minimum atomic E-state index is -0.0558. The van der Waals surface area contributed by atoms with Gasteiger partial charge in [0.1, 0.15) is 5.01 Å². The highest BCUT2D eigenvalue weighted by Crippen LogP contribution is 2.43. The highest BCUT2D eigenvalue weighted by molar-refractivity contribution is 8.16. The fourth-order valence-electron chi connectivity index (χ4n) is 2.85. The van der Waals surface area contributed by atoms with E-state index >= 15 is 0 Å². The average molecular weight is 413 g/mol. The fourth-order valence-corrected chi connectivity index (χ4v) is 6.57. The van der Waals surface area contributed by atoms with Crippen LogP contribution in [0.25, 0.3) is 10.6 Å². The summed E-state index contributed by atoms with van der Waals surface area (Å²) in [5, 5.41) is 5.96. The molecule has 1 amide bonds. The molecule has 0 aliphatic carbocycles. The van der Waals surface area contributed by atoms with Crippen molar-refractivity contribution in [1.29, 1.82) is 0 Å². The average Bonchev–Trinajstić information content (AvgIpc) is 3.22. The second-order valence-corrected chi connectivity index (χ2v) is 9.82. The maximum Gasteiger partial charge on any atom is 0.251 e. The third kappa shape index (κ3) is 4.75. The van der Waals surface area contributed by atoms with Crippen LogP contribution in [0.2, 0.25) is 0 Å². The largest absolute Gasteiger partial charge is 0.346 e. The first-order chi connectivity index (χ1) is 13.3. The van der Waals surface area contributed by atoms with E-state index in [0.717, 1.165) is 16.3 Å².